The summed E-state index contributed by atoms with van der Waals surface area (Å²) in [6.07, 6.45) is 0. The van der Waals surface area contributed by atoms with E-state index < -0.39 is 0 Å². The van der Waals surface area contributed by atoms with Crippen molar-refractivity contribution in [3.8, 4) is 6.07 Å². The molecule has 27 heavy (non-hydrogen) atoms. The third-order valence-corrected chi connectivity index (χ3v) is 5.69. The molecule has 0 fully saturated rings. The van der Waals surface area contributed by atoms with E-state index in [9.17, 15) is 10.1 Å². The topological polar surface area (TPSA) is 69.0 Å². The molecule has 1 amide bonds. The molecule has 0 radical (unpaired) electrons. The van der Waals surface area contributed by atoms with Crippen LogP contribution in [-0.4, -0.2) is 42.2 Å². The van der Waals surface area contributed by atoms with Crippen LogP contribution < -0.4 is 5.32 Å². The Morgan fingerprint density at radius 1 is 1.22 bits per heavy atom. The Balaban J connectivity index is 2.00. The summed E-state index contributed by atoms with van der Waals surface area (Å²) in [6, 6.07) is 12.4. The van der Waals surface area contributed by atoms with Crippen LogP contribution in [-0.2, 0) is 4.79 Å². The van der Waals surface area contributed by atoms with E-state index in [2.05, 4.69) is 33.4 Å². The van der Waals surface area contributed by atoms with E-state index >= 15 is 0 Å². The Bertz CT molecular complexity index is 843. The first-order chi connectivity index (χ1) is 12.8. The van der Waals surface area contributed by atoms with Gasteiger partial charge in [-0.2, -0.15) is 5.26 Å². The first-order valence-corrected chi connectivity index (χ1v) is 9.82. The lowest BCUT2D eigenvalue weighted by Crippen LogP contribution is -2.35. The maximum Gasteiger partial charge on any atom is 0.230 e. The van der Waals surface area contributed by atoms with Crippen LogP contribution in [0.5, 0.6) is 0 Å². The van der Waals surface area contributed by atoms with Gasteiger partial charge in [-0.15, -0.1) is 0 Å². The van der Waals surface area contributed by atoms with Crippen molar-refractivity contribution in [3.05, 3.63) is 58.3 Å². The summed E-state index contributed by atoms with van der Waals surface area (Å²) in [5.74, 6) is 0.169. The normalized spacial score (nSPS) is 11.9. The second-order valence-electron chi connectivity index (χ2n) is 6.72. The molecule has 0 saturated carbocycles. The van der Waals surface area contributed by atoms with E-state index in [1.54, 1.807) is 0 Å². The van der Waals surface area contributed by atoms with Crippen molar-refractivity contribution >= 4 is 17.7 Å². The van der Waals surface area contributed by atoms with Gasteiger partial charge in [-0.1, -0.05) is 42.1 Å². The van der Waals surface area contributed by atoms with Crippen LogP contribution in [0, 0.1) is 32.1 Å². The van der Waals surface area contributed by atoms with Crippen LogP contribution >= 0.6 is 11.8 Å². The minimum atomic E-state index is -0.0654. The molecule has 1 heterocycles. The van der Waals surface area contributed by atoms with Crippen LogP contribution in [0.25, 0.3) is 0 Å². The zero-order valence-corrected chi connectivity index (χ0v) is 17.4. The van der Waals surface area contributed by atoms with Crippen molar-refractivity contribution in [1.29, 1.82) is 5.26 Å². The van der Waals surface area contributed by atoms with Crippen LogP contribution in [0.15, 0.2) is 35.4 Å². The number of hydrogen-bond acceptors (Lipinski definition) is 5. The zero-order valence-electron chi connectivity index (χ0n) is 16.5. The first-order valence-electron chi connectivity index (χ1n) is 8.84. The number of carbonyl (C=O) groups excluding carboxylic acids is 1. The van der Waals surface area contributed by atoms with Gasteiger partial charge in [-0.05, 0) is 51.6 Å². The number of hydrogen-bond donors (Lipinski definition) is 1. The molecule has 0 aliphatic carbocycles. The number of aromatic nitrogens is 1. The molecular formula is C21H26N4OS. The molecule has 1 atom stereocenters. The van der Waals surface area contributed by atoms with E-state index in [0.29, 0.717) is 17.1 Å². The van der Waals surface area contributed by atoms with Crippen molar-refractivity contribution in [3.63, 3.8) is 0 Å². The lowest BCUT2D eigenvalue weighted by molar-refractivity contribution is -0.118. The van der Waals surface area contributed by atoms with E-state index in [0.717, 1.165) is 22.4 Å². The molecule has 1 aromatic heterocycles. The number of likely N-dealkylation sites (N-methyl/N-ethyl adjacent to an activating group) is 1. The molecule has 0 saturated heterocycles. The molecule has 0 aliphatic heterocycles. The molecule has 142 valence electrons. The van der Waals surface area contributed by atoms with Crippen molar-refractivity contribution < 1.29 is 4.79 Å². The monoisotopic (exact) mass is 382 g/mol. The second-order valence-corrected chi connectivity index (χ2v) is 7.69. The number of benzene rings is 1. The fourth-order valence-electron chi connectivity index (χ4n) is 2.82. The number of nitrogens with one attached hydrogen (secondary N) is 1. The van der Waals surface area contributed by atoms with Gasteiger partial charge in [-0.25, -0.2) is 4.98 Å². The maximum absolute atomic E-state index is 12.4. The highest BCUT2D eigenvalue weighted by Gasteiger charge is 2.17. The summed E-state index contributed by atoms with van der Waals surface area (Å²) < 4.78 is 0. The van der Waals surface area contributed by atoms with E-state index in [-0.39, 0.29) is 17.7 Å². The van der Waals surface area contributed by atoms with Crippen molar-refractivity contribution in [2.45, 2.75) is 31.8 Å². The van der Waals surface area contributed by atoms with Gasteiger partial charge in [0.15, 0.2) is 0 Å². The van der Waals surface area contributed by atoms with Crippen LogP contribution in [0.4, 0.5) is 0 Å². The Labute approximate surface area is 165 Å². The highest BCUT2D eigenvalue weighted by Crippen LogP contribution is 2.26. The minimum absolute atomic E-state index is 0.0654. The molecule has 1 aromatic carbocycles. The molecule has 0 spiro atoms. The minimum Gasteiger partial charge on any atom is -0.353 e. The fourth-order valence-corrected chi connectivity index (χ4v) is 3.73. The Kier molecular flexibility index (Phi) is 7.40. The fraction of sp³-hybridized carbons (Fsp3) is 0.381. The number of amides is 1. The van der Waals surface area contributed by atoms with Gasteiger partial charge in [0, 0.05) is 12.2 Å². The Morgan fingerprint density at radius 3 is 2.48 bits per heavy atom. The second kappa shape index (κ2) is 9.54. The third kappa shape index (κ3) is 5.31. The van der Waals surface area contributed by atoms with Crippen LogP contribution in [0.3, 0.4) is 0 Å². The van der Waals surface area contributed by atoms with E-state index in [1.807, 2.05) is 53.1 Å². The number of nitriles is 1. The van der Waals surface area contributed by atoms with Crippen LogP contribution in [0.2, 0.25) is 0 Å². The van der Waals surface area contributed by atoms with Gasteiger partial charge in [-0.3, -0.25) is 4.79 Å². The van der Waals surface area contributed by atoms with Gasteiger partial charge < -0.3 is 10.2 Å². The number of thioether (sulfide) groups is 1. The average molecular weight is 383 g/mol. The standard InChI is InChI=1S/C21H26N4OS/c1-14-15(2)18(11-22)21(24-16(14)3)27-13-20(26)23-12-19(25(4)5)17-9-7-6-8-10-17/h6-10,19H,12-13H2,1-5H3,(H,23,26). The summed E-state index contributed by atoms with van der Waals surface area (Å²) in [4.78, 5) is 18.9. The quantitative estimate of drug-likeness (QED) is 0.744. The molecule has 1 unspecified atom stereocenters. The Hall–Kier alpha value is -2.36. The van der Waals surface area contributed by atoms with Gasteiger partial charge in [0.1, 0.15) is 11.1 Å². The maximum atomic E-state index is 12.4. The van der Waals surface area contributed by atoms with Gasteiger partial charge in [0.05, 0.1) is 17.4 Å². The molecule has 0 bridgehead atoms. The molecule has 2 rings (SSSR count). The highest BCUT2D eigenvalue weighted by molar-refractivity contribution is 8.00. The first kappa shape index (κ1) is 20.9. The molecular weight excluding hydrogens is 356 g/mol. The molecule has 2 aromatic rings. The van der Waals surface area contributed by atoms with Crippen LogP contribution in [0.1, 0.15) is 34.0 Å². The largest absolute Gasteiger partial charge is 0.353 e. The SMILES string of the molecule is Cc1nc(SCC(=O)NCC(c2ccccc2)N(C)C)c(C#N)c(C)c1C. The summed E-state index contributed by atoms with van der Waals surface area (Å²) in [7, 11) is 4.00. The van der Waals surface area contributed by atoms with Crippen molar-refractivity contribution in [2.24, 2.45) is 0 Å². The summed E-state index contributed by atoms with van der Waals surface area (Å²) >= 11 is 1.31. The molecule has 0 aliphatic rings. The van der Waals surface area contributed by atoms with Crippen molar-refractivity contribution in [2.75, 3.05) is 26.4 Å². The van der Waals surface area contributed by atoms with Crippen molar-refractivity contribution in [1.82, 2.24) is 15.2 Å². The van der Waals surface area contributed by atoms with E-state index in [1.165, 1.54) is 11.8 Å². The number of aryl methyl sites for hydroxylation is 1. The predicted molar refractivity (Wildman–Crippen MR) is 110 cm³/mol. The van der Waals surface area contributed by atoms with Gasteiger partial charge in [0.2, 0.25) is 5.91 Å². The predicted octanol–water partition coefficient (Wildman–Crippen LogP) is 3.39. The van der Waals surface area contributed by atoms with Gasteiger partial charge >= 0.3 is 0 Å². The number of carbonyl (C=O) groups is 1. The molecule has 6 heteroatoms. The summed E-state index contributed by atoms with van der Waals surface area (Å²) in [6.45, 7) is 6.34. The number of pyridine rings is 1. The zero-order chi connectivity index (χ0) is 20.0. The third-order valence-electron chi connectivity index (χ3n) is 4.72. The summed E-state index contributed by atoms with van der Waals surface area (Å²) in [5.41, 5.74) is 4.58. The van der Waals surface area contributed by atoms with E-state index in [4.69, 9.17) is 0 Å². The number of nitrogens with zero attached hydrogens (tertiary/aromatic N) is 3. The lowest BCUT2D eigenvalue weighted by atomic mass is 10.1. The average Bonchev–Trinajstić information content (AvgIpc) is 2.65. The molecule has 5 nitrogen and oxygen atoms in total. The van der Waals surface area contributed by atoms with Gasteiger partial charge in [0.25, 0.3) is 0 Å². The summed E-state index contributed by atoms with van der Waals surface area (Å²) in [5, 5.41) is 13.1. The Morgan fingerprint density at radius 2 is 1.89 bits per heavy atom. The lowest BCUT2D eigenvalue weighted by Gasteiger charge is -2.25. The smallest absolute Gasteiger partial charge is 0.230 e. The number of rotatable bonds is 7. The molecule has 1 N–H and O–H groups in total. The highest BCUT2D eigenvalue weighted by atomic mass is 32.2.